The number of aryl methyl sites for hydroxylation is 1. The average molecular weight is 333 g/mol. The van der Waals surface area contributed by atoms with Gasteiger partial charge in [0.25, 0.3) is 0 Å². The summed E-state index contributed by atoms with van der Waals surface area (Å²) in [7, 11) is 1.65. The molecule has 0 radical (unpaired) electrons. The van der Waals surface area contributed by atoms with E-state index in [0.29, 0.717) is 5.13 Å². The molecular formula is C16H16FN3O2S. The van der Waals surface area contributed by atoms with Crippen molar-refractivity contribution in [2.45, 2.75) is 13.3 Å². The highest BCUT2D eigenvalue weighted by Crippen LogP contribution is 2.29. The molecule has 0 saturated carbocycles. The van der Waals surface area contributed by atoms with Crippen LogP contribution in [0.15, 0.2) is 29.6 Å². The molecule has 2 amide bonds. The lowest BCUT2D eigenvalue weighted by molar-refractivity contribution is -0.124. The Labute approximate surface area is 137 Å². The van der Waals surface area contributed by atoms with E-state index in [1.54, 1.807) is 25.2 Å². The van der Waals surface area contributed by atoms with Gasteiger partial charge in [-0.05, 0) is 19.1 Å². The van der Waals surface area contributed by atoms with Crippen LogP contribution in [0.3, 0.4) is 0 Å². The van der Waals surface area contributed by atoms with Crippen molar-refractivity contribution in [3.8, 4) is 0 Å². The number of benzene rings is 1. The molecule has 1 fully saturated rings. The molecule has 0 spiro atoms. The minimum Gasteiger partial charge on any atom is -0.309 e. The maximum Gasteiger partial charge on any atom is 0.233 e. The first kappa shape index (κ1) is 15.6. The fraction of sp³-hybridized carbons (Fsp3) is 0.312. The summed E-state index contributed by atoms with van der Waals surface area (Å²) in [5.41, 5.74) is 1.07. The van der Waals surface area contributed by atoms with Gasteiger partial charge in [0.2, 0.25) is 11.8 Å². The monoisotopic (exact) mass is 333 g/mol. The Balaban J connectivity index is 1.77. The molecule has 1 atom stereocenters. The third-order valence-electron chi connectivity index (χ3n) is 3.84. The van der Waals surface area contributed by atoms with Crippen molar-refractivity contribution in [1.82, 2.24) is 4.98 Å². The van der Waals surface area contributed by atoms with Crippen LogP contribution in [0, 0.1) is 18.7 Å². The predicted molar refractivity (Wildman–Crippen MR) is 87.1 cm³/mol. The fourth-order valence-corrected chi connectivity index (χ4v) is 3.41. The Morgan fingerprint density at radius 1 is 1.43 bits per heavy atom. The summed E-state index contributed by atoms with van der Waals surface area (Å²) in [6, 6.07) is 6.10. The van der Waals surface area contributed by atoms with E-state index in [1.165, 1.54) is 27.2 Å². The van der Waals surface area contributed by atoms with Crippen LogP contribution in [-0.4, -0.2) is 30.4 Å². The number of hydrogen-bond acceptors (Lipinski definition) is 4. The van der Waals surface area contributed by atoms with Crippen LogP contribution >= 0.6 is 11.3 Å². The summed E-state index contributed by atoms with van der Waals surface area (Å²) in [5, 5.41) is 2.47. The number of anilines is 2. The molecule has 2 heterocycles. The molecule has 0 bridgehead atoms. The Kier molecular flexibility index (Phi) is 4.12. The minimum absolute atomic E-state index is 0.0852. The number of nitrogens with zero attached hydrogens (tertiary/aromatic N) is 3. The molecule has 1 aromatic carbocycles. The van der Waals surface area contributed by atoms with E-state index < -0.39 is 11.7 Å². The highest BCUT2D eigenvalue weighted by molar-refractivity contribution is 7.14. The Morgan fingerprint density at radius 3 is 2.83 bits per heavy atom. The van der Waals surface area contributed by atoms with Crippen molar-refractivity contribution in [1.29, 1.82) is 0 Å². The highest BCUT2D eigenvalue weighted by atomic mass is 32.1. The van der Waals surface area contributed by atoms with E-state index in [4.69, 9.17) is 0 Å². The van der Waals surface area contributed by atoms with Crippen LogP contribution in [0.2, 0.25) is 0 Å². The molecule has 0 unspecified atom stereocenters. The predicted octanol–water partition coefficient (Wildman–Crippen LogP) is 2.61. The number of thiazole rings is 1. The maximum absolute atomic E-state index is 13.9. The first-order chi connectivity index (χ1) is 11.0. The van der Waals surface area contributed by atoms with Gasteiger partial charge in [0.1, 0.15) is 5.82 Å². The minimum atomic E-state index is -0.490. The molecule has 2 aromatic rings. The molecular weight excluding hydrogens is 317 g/mol. The van der Waals surface area contributed by atoms with Crippen molar-refractivity contribution in [2.24, 2.45) is 5.92 Å². The second-order valence-corrected chi connectivity index (χ2v) is 6.36. The zero-order valence-corrected chi connectivity index (χ0v) is 13.6. The molecule has 120 valence electrons. The standard InChI is InChI=1S/C16H16FN3O2S/c1-10-9-23-16(18-10)19(2)15(22)11-7-14(21)20(8-11)13-6-4-3-5-12(13)17/h3-6,9,11H,7-8H2,1-2H3/t11-/m0/s1. The molecule has 1 aromatic heterocycles. The van der Waals surface area contributed by atoms with E-state index in [9.17, 15) is 14.0 Å². The number of halogens is 1. The van der Waals surface area contributed by atoms with E-state index in [-0.39, 0.29) is 30.5 Å². The SMILES string of the molecule is Cc1csc(N(C)C(=O)[C@H]2CC(=O)N(c3ccccc3F)C2)n1. The Morgan fingerprint density at radius 2 is 2.17 bits per heavy atom. The van der Waals surface area contributed by atoms with E-state index in [0.717, 1.165) is 5.69 Å². The molecule has 0 N–H and O–H groups in total. The highest BCUT2D eigenvalue weighted by Gasteiger charge is 2.38. The van der Waals surface area contributed by atoms with Gasteiger partial charge in [-0.1, -0.05) is 12.1 Å². The summed E-state index contributed by atoms with van der Waals surface area (Å²) < 4.78 is 13.9. The van der Waals surface area contributed by atoms with Gasteiger partial charge in [0.15, 0.2) is 5.13 Å². The van der Waals surface area contributed by atoms with E-state index >= 15 is 0 Å². The van der Waals surface area contributed by atoms with Crippen molar-refractivity contribution >= 4 is 34.0 Å². The van der Waals surface area contributed by atoms with Crippen molar-refractivity contribution in [3.63, 3.8) is 0 Å². The van der Waals surface area contributed by atoms with Crippen molar-refractivity contribution in [2.75, 3.05) is 23.4 Å². The van der Waals surface area contributed by atoms with Gasteiger partial charge in [0, 0.05) is 25.4 Å². The van der Waals surface area contributed by atoms with Crippen LogP contribution in [0.5, 0.6) is 0 Å². The first-order valence-electron chi connectivity index (χ1n) is 7.22. The van der Waals surface area contributed by atoms with Gasteiger partial charge >= 0.3 is 0 Å². The molecule has 23 heavy (non-hydrogen) atoms. The van der Waals surface area contributed by atoms with Gasteiger partial charge in [-0.25, -0.2) is 9.37 Å². The van der Waals surface area contributed by atoms with Crippen LogP contribution in [0.1, 0.15) is 12.1 Å². The van der Waals surface area contributed by atoms with Crippen LogP contribution in [-0.2, 0) is 9.59 Å². The number of amides is 2. The van der Waals surface area contributed by atoms with Gasteiger partial charge in [-0.3, -0.25) is 14.5 Å². The fourth-order valence-electron chi connectivity index (χ4n) is 2.64. The Bertz CT molecular complexity index is 761. The quantitative estimate of drug-likeness (QED) is 0.867. The number of rotatable bonds is 3. The number of hydrogen-bond donors (Lipinski definition) is 0. The molecule has 7 heteroatoms. The lowest BCUT2D eigenvalue weighted by atomic mass is 10.1. The zero-order chi connectivity index (χ0) is 16.6. The van der Waals surface area contributed by atoms with Crippen LogP contribution in [0.25, 0.3) is 0 Å². The van der Waals surface area contributed by atoms with Gasteiger partial charge < -0.3 is 4.90 Å². The topological polar surface area (TPSA) is 53.5 Å². The summed E-state index contributed by atoms with van der Waals surface area (Å²) in [5.74, 6) is -1.36. The normalized spacial score (nSPS) is 17.6. The lowest BCUT2D eigenvalue weighted by Crippen LogP contribution is -2.34. The van der Waals surface area contributed by atoms with Gasteiger partial charge in [0.05, 0.1) is 17.3 Å². The number of carbonyl (C=O) groups is 2. The lowest BCUT2D eigenvalue weighted by Gasteiger charge is -2.19. The maximum atomic E-state index is 13.9. The second-order valence-electron chi connectivity index (χ2n) is 5.53. The molecule has 0 aliphatic carbocycles. The third kappa shape index (κ3) is 2.96. The Hall–Kier alpha value is -2.28. The first-order valence-corrected chi connectivity index (χ1v) is 8.10. The molecule has 5 nitrogen and oxygen atoms in total. The molecule has 1 saturated heterocycles. The van der Waals surface area contributed by atoms with E-state index in [1.807, 2.05) is 12.3 Å². The number of para-hydroxylation sites is 1. The average Bonchev–Trinajstić information content (AvgIpc) is 3.12. The number of aromatic nitrogens is 1. The molecule has 1 aliphatic rings. The summed E-state index contributed by atoms with van der Waals surface area (Å²) >= 11 is 1.38. The largest absolute Gasteiger partial charge is 0.309 e. The van der Waals surface area contributed by atoms with Crippen molar-refractivity contribution in [3.05, 3.63) is 41.2 Å². The summed E-state index contributed by atoms with van der Waals surface area (Å²) in [4.78, 5) is 31.9. The van der Waals surface area contributed by atoms with Gasteiger partial charge in [-0.2, -0.15) is 0 Å². The summed E-state index contributed by atoms with van der Waals surface area (Å²) in [6.45, 7) is 2.05. The second kappa shape index (κ2) is 6.08. The third-order valence-corrected chi connectivity index (χ3v) is 4.88. The van der Waals surface area contributed by atoms with Crippen LogP contribution < -0.4 is 9.80 Å². The molecule has 1 aliphatic heterocycles. The zero-order valence-electron chi connectivity index (χ0n) is 12.8. The number of carbonyl (C=O) groups excluding carboxylic acids is 2. The summed E-state index contributed by atoms with van der Waals surface area (Å²) in [6.07, 6.45) is 0.0852. The van der Waals surface area contributed by atoms with Crippen molar-refractivity contribution < 1.29 is 14.0 Å². The van der Waals surface area contributed by atoms with E-state index in [2.05, 4.69) is 4.98 Å². The van der Waals surface area contributed by atoms with Gasteiger partial charge in [-0.15, -0.1) is 11.3 Å². The van der Waals surface area contributed by atoms with Crippen LogP contribution in [0.4, 0.5) is 15.2 Å². The smallest absolute Gasteiger partial charge is 0.233 e. The molecule has 3 rings (SSSR count).